The van der Waals surface area contributed by atoms with Gasteiger partial charge in [-0.25, -0.2) is 4.39 Å². The monoisotopic (exact) mass is 287 g/mol. The Hall–Kier alpha value is -1.99. The molecular formula is C16H14FNOS. The lowest BCUT2D eigenvalue weighted by Gasteiger charge is -2.10. The van der Waals surface area contributed by atoms with E-state index >= 15 is 0 Å². The third kappa shape index (κ3) is 3.12. The van der Waals surface area contributed by atoms with Crippen molar-refractivity contribution < 1.29 is 9.13 Å². The van der Waals surface area contributed by atoms with E-state index in [0.717, 1.165) is 10.6 Å². The summed E-state index contributed by atoms with van der Waals surface area (Å²) in [4.78, 5) is 0.875. The van der Waals surface area contributed by atoms with Gasteiger partial charge >= 0.3 is 0 Å². The number of benzene rings is 2. The van der Waals surface area contributed by atoms with E-state index in [0.29, 0.717) is 22.6 Å². The summed E-state index contributed by atoms with van der Waals surface area (Å²) >= 11 is 1.58. The third-order valence-corrected chi connectivity index (χ3v) is 3.71. The molecule has 0 amide bonds. The molecule has 0 heterocycles. The molecule has 0 radical (unpaired) electrons. The summed E-state index contributed by atoms with van der Waals surface area (Å²) in [7, 11) is 0. The summed E-state index contributed by atoms with van der Waals surface area (Å²) in [5.41, 5.74) is 1.05. The molecule has 20 heavy (non-hydrogen) atoms. The summed E-state index contributed by atoms with van der Waals surface area (Å²) in [6.45, 7) is 3.72. The minimum atomic E-state index is -0.319. The van der Waals surface area contributed by atoms with Crippen LogP contribution in [-0.2, 0) is 0 Å². The molecule has 0 aliphatic carbocycles. The molecule has 0 aliphatic rings. The first-order valence-corrected chi connectivity index (χ1v) is 7.24. The van der Waals surface area contributed by atoms with Gasteiger partial charge in [0.1, 0.15) is 28.9 Å². The molecule has 2 aromatic carbocycles. The van der Waals surface area contributed by atoms with Crippen molar-refractivity contribution >= 4 is 11.8 Å². The summed E-state index contributed by atoms with van der Waals surface area (Å²) in [5, 5.41) is 9.29. The van der Waals surface area contributed by atoms with Gasteiger partial charge in [0.15, 0.2) is 0 Å². The molecule has 0 aromatic heterocycles. The Kier molecular flexibility index (Phi) is 4.65. The number of nitrogens with zero attached hydrogens (tertiary/aromatic N) is 1. The van der Waals surface area contributed by atoms with Crippen LogP contribution in [0, 0.1) is 24.1 Å². The zero-order chi connectivity index (χ0) is 14.5. The Morgan fingerprint density at radius 1 is 1.30 bits per heavy atom. The molecule has 0 saturated heterocycles. The smallest absolute Gasteiger partial charge is 0.146 e. The maximum atomic E-state index is 13.5. The Balaban J connectivity index is 2.35. The Bertz CT molecular complexity index is 664. The van der Waals surface area contributed by atoms with E-state index < -0.39 is 0 Å². The van der Waals surface area contributed by atoms with Gasteiger partial charge in [0.25, 0.3) is 0 Å². The molecule has 4 heteroatoms. The Labute approximate surface area is 122 Å². The number of halogens is 1. The molecule has 0 aliphatic heterocycles. The summed E-state index contributed by atoms with van der Waals surface area (Å²) in [6.07, 6.45) is 0. The number of ether oxygens (including phenoxy) is 1. The second kappa shape index (κ2) is 6.44. The van der Waals surface area contributed by atoms with Crippen molar-refractivity contribution in [3.63, 3.8) is 0 Å². The molecule has 0 atom stereocenters. The van der Waals surface area contributed by atoms with Crippen LogP contribution in [0.5, 0.6) is 11.5 Å². The van der Waals surface area contributed by atoms with Crippen molar-refractivity contribution in [2.24, 2.45) is 0 Å². The highest BCUT2D eigenvalue weighted by Crippen LogP contribution is 2.32. The predicted molar refractivity (Wildman–Crippen MR) is 78.8 cm³/mol. The fourth-order valence-corrected chi connectivity index (χ4v) is 2.52. The van der Waals surface area contributed by atoms with Gasteiger partial charge in [0.05, 0.1) is 0 Å². The van der Waals surface area contributed by atoms with Crippen molar-refractivity contribution in [1.29, 1.82) is 5.26 Å². The fourth-order valence-electron chi connectivity index (χ4n) is 1.75. The quantitative estimate of drug-likeness (QED) is 0.749. The molecule has 0 fully saturated rings. The normalized spacial score (nSPS) is 10.1. The molecule has 2 nitrogen and oxygen atoms in total. The van der Waals surface area contributed by atoms with Crippen molar-refractivity contribution in [2.75, 3.05) is 5.75 Å². The molecule has 0 N–H and O–H groups in total. The first-order valence-electron chi connectivity index (χ1n) is 6.25. The third-order valence-electron chi connectivity index (χ3n) is 2.77. The number of rotatable bonds is 4. The van der Waals surface area contributed by atoms with Gasteiger partial charge in [-0.2, -0.15) is 5.26 Å². The topological polar surface area (TPSA) is 33.0 Å². The van der Waals surface area contributed by atoms with Crippen LogP contribution >= 0.6 is 11.8 Å². The van der Waals surface area contributed by atoms with Gasteiger partial charge in [0, 0.05) is 11.0 Å². The molecule has 0 saturated carbocycles. The molecule has 0 spiro atoms. The highest BCUT2D eigenvalue weighted by molar-refractivity contribution is 7.99. The second-order valence-electron chi connectivity index (χ2n) is 4.19. The van der Waals surface area contributed by atoms with Crippen molar-refractivity contribution in [3.05, 3.63) is 53.3 Å². The summed E-state index contributed by atoms with van der Waals surface area (Å²) in [6, 6.07) is 12.3. The maximum absolute atomic E-state index is 13.5. The van der Waals surface area contributed by atoms with Crippen LogP contribution in [0.3, 0.4) is 0 Å². The van der Waals surface area contributed by atoms with E-state index in [1.807, 2.05) is 19.1 Å². The van der Waals surface area contributed by atoms with E-state index in [1.165, 1.54) is 6.07 Å². The predicted octanol–water partition coefficient (Wildman–Crippen LogP) is 4.91. The van der Waals surface area contributed by atoms with Crippen molar-refractivity contribution in [3.8, 4) is 17.6 Å². The van der Waals surface area contributed by atoms with Crippen LogP contribution in [0.25, 0.3) is 0 Å². The Morgan fingerprint density at radius 3 is 2.75 bits per heavy atom. The lowest BCUT2D eigenvalue weighted by molar-refractivity contribution is 0.473. The van der Waals surface area contributed by atoms with Gasteiger partial charge in [0.2, 0.25) is 0 Å². The first-order chi connectivity index (χ1) is 9.65. The van der Waals surface area contributed by atoms with Crippen LogP contribution in [0.1, 0.15) is 18.1 Å². The van der Waals surface area contributed by atoms with Gasteiger partial charge in [-0.3, -0.25) is 0 Å². The van der Waals surface area contributed by atoms with E-state index in [-0.39, 0.29) is 5.82 Å². The Morgan fingerprint density at radius 2 is 2.10 bits per heavy atom. The largest absolute Gasteiger partial charge is 0.456 e. The molecular weight excluding hydrogens is 273 g/mol. The SMILES string of the molecule is CCSc1cccc(Oc2ccc(C)c(F)c2)c1C#N. The zero-order valence-electron chi connectivity index (χ0n) is 11.3. The van der Waals surface area contributed by atoms with Crippen LogP contribution in [0.15, 0.2) is 41.3 Å². The fraction of sp³-hybridized carbons (Fsp3) is 0.188. The van der Waals surface area contributed by atoms with Gasteiger partial charge in [-0.05, 0) is 36.4 Å². The average Bonchev–Trinajstić information content (AvgIpc) is 2.44. The second-order valence-corrected chi connectivity index (χ2v) is 5.49. The van der Waals surface area contributed by atoms with Crippen LogP contribution in [0.4, 0.5) is 4.39 Å². The van der Waals surface area contributed by atoms with Crippen LogP contribution < -0.4 is 4.74 Å². The summed E-state index contributed by atoms with van der Waals surface area (Å²) in [5.74, 6) is 1.40. The number of hydrogen-bond acceptors (Lipinski definition) is 3. The zero-order valence-corrected chi connectivity index (χ0v) is 12.1. The number of hydrogen-bond donors (Lipinski definition) is 0. The van der Waals surface area contributed by atoms with Crippen LogP contribution in [-0.4, -0.2) is 5.75 Å². The molecule has 0 bridgehead atoms. The highest BCUT2D eigenvalue weighted by Gasteiger charge is 2.10. The lowest BCUT2D eigenvalue weighted by atomic mass is 10.2. The van der Waals surface area contributed by atoms with Crippen molar-refractivity contribution in [1.82, 2.24) is 0 Å². The average molecular weight is 287 g/mol. The van der Waals surface area contributed by atoms with E-state index in [2.05, 4.69) is 6.07 Å². The lowest BCUT2D eigenvalue weighted by Crippen LogP contribution is -1.92. The number of aryl methyl sites for hydroxylation is 1. The van der Waals surface area contributed by atoms with E-state index in [1.54, 1.807) is 36.9 Å². The van der Waals surface area contributed by atoms with Crippen molar-refractivity contribution in [2.45, 2.75) is 18.7 Å². The molecule has 2 aromatic rings. The van der Waals surface area contributed by atoms with Gasteiger partial charge in [-0.15, -0.1) is 11.8 Å². The minimum absolute atomic E-state index is 0.319. The van der Waals surface area contributed by atoms with Gasteiger partial charge in [-0.1, -0.05) is 19.1 Å². The van der Waals surface area contributed by atoms with Gasteiger partial charge < -0.3 is 4.74 Å². The first kappa shape index (κ1) is 14.4. The standard InChI is InChI=1S/C16H14FNOS/c1-3-20-16-6-4-5-15(13(16)10-18)19-12-8-7-11(2)14(17)9-12/h4-9H,3H2,1-2H3. The van der Waals surface area contributed by atoms with E-state index in [9.17, 15) is 9.65 Å². The molecule has 102 valence electrons. The van der Waals surface area contributed by atoms with E-state index in [4.69, 9.17) is 4.74 Å². The molecule has 0 unspecified atom stereocenters. The highest BCUT2D eigenvalue weighted by atomic mass is 32.2. The number of thioether (sulfide) groups is 1. The number of nitriles is 1. The minimum Gasteiger partial charge on any atom is -0.456 e. The van der Waals surface area contributed by atoms with Crippen LogP contribution in [0.2, 0.25) is 0 Å². The molecule has 2 rings (SSSR count). The maximum Gasteiger partial charge on any atom is 0.146 e. The summed E-state index contributed by atoms with van der Waals surface area (Å²) < 4.78 is 19.2.